The van der Waals surface area contributed by atoms with Crippen molar-refractivity contribution in [1.82, 2.24) is 9.88 Å². The van der Waals surface area contributed by atoms with Crippen LogP contribution in [0.3, 0.4) is 0 Å². The summed E-state index contributed by atoms with van der Waals surface area (Å²) >= 11 is 0. The molecule has 0 amide bonds. The Bertz CT molecular complexity index is 335. The predicted octanol–water partition coefficient (Wildman–Crippen LogP) is 2.71. The minimum absolute atomic E-state index is 0.298. The van der Waals surface area contributed by atoms with Gasteiger partial charge < -0.3 is 10.6 Å². The minimum Gasteiger partial charge on any atom is -0.330 e. The minimum atomic E-state index is 0.298. The highest BCUT2D eigenvalue weighted by molar-refractivity contribution is 5.03. The molecule has 0 spiro atoms. The van der Waals surface area contributed by atoms with Crippen LogP contribution in [0.4, 0.5) is 0 Å². The fourth-order valence-electron chi connectivity index (χ4n) is 2.05. The Hall–Kier alpha value is -0.930. The molecule has 1 aromatic rings. The molecule has 1 heterocycles. The molecule has 0 atom stereocenters. The van der Waals surface area contributed by atoms with E-state index in [-0.39, 0.29) is 0 Å². The third-order valence-electron chi connectivity index (χ3n) is 3.67. The standard InChI is InChI=1S/C16H29N3/c1-16(2,14-17)10-5-7-12-19(3)13-9-15-8-4-6-11-18-15/h4,6,8,11H,5,7,9-10,12-14,17H2,1-3H3. The second-order valence-corrected chi connectivity index (χ2v) is 6.20. The number of aromatic nitrogens is 1. The lowest BCUT2D eigenvalue weighted by atomic mass is 9.87. The summed E-state index contributed by atoms with van der Waals surface area (Å²) in [5.74, 6) is 0. The zero-order valence-corrected chi connectivity index (χ0v) is 12.7. The van der Waals surface area contributed by atoms with Crippen molar-refractivity contribution in [1.29, 1.82) is 0 Å². The van der Waals surface area contributed by atoms with Gasteiger partial charge in [0.25, 0.3) is 0 Å². The molecule has 3 nitrogen and oxygen atoms in total. The fourth-order valence-corrected chi connectivity index (χ4v) is 2.05. The lowest BCUT2D eigenvalue weighted by Gasteiger charge is -2.23. The van der Waals surface area contributed by atoms with Gasteiger partial charge in [0.1, 0.15) is 0 Å². The van der Waals surface area contributed by atoms with Crippen molar-refractivity contribution in [3.8, 4) is 0 Å². The van der Waals surface area contributed by atoms with Gasteiger partial charge in [0.15, 0.2) is 0 Å². The summed E-state index contributed by atoms with van der Waals surface area (Å²) in [6, 6.07) is 6.11. The van der Waals surface area contributed by atoms with Crippen molar-refractivity contribution in [3.63, 3.8) is 0 Å². The van der Waals surface area contributed by atoms with Crippen molar-refractivity contribution in [2.45, 2.75) is 39.5 Å². The number of hydrogen-bond acceptors (Lipinski definition) is 3. The first kappa shape index (κ1) is 16.1. The summed E-state index contributed by atoms with van der Waals surface area (Å²) in [5, 5.41) is 0. The topological polar surface area (TPSA) is 42.1 Å². The molecule has 108 valence electrons. The largest absolute Gasteiger partial charge is 0.330 e. The van der Waals surface area contributed by atoms with Crippen LogP contribution in [0.5, 0.6) is 0 Å². The Labute approximate surface area is 118 Å². The first-order valence-corrected chi connectivity index (χ1v) is 7.32. The first-order chi connectivity index (χ1) is 9.03. The summed E-state index contributed by atoms with van der Waals surface area (Å²) in [5.41, 5.74) is 7.22. The number of hydrogen-bond donors (Lipinski definition) is 1. The SMILES string of the molecule is CN(CCCCC(C)(C)CN)CCc1ccccn1. The van der Waals surface area contributed by atoms with Crippen LogP contribution in [-0.2, 0) is 6.42 Å². The van der Waals surface area contributed by atoms with Gasteiger partial charge in [-0.3, -0.25) is 4.98 Å². The van der Waals surface area contributed by atoms with E-state index in [2.05, 4.69) is 42.9 Å². The van der Waals surface area contributed by atoms with Gasteiger partial charge in [-0.15, -0.1) is 0 Å². The summed E-state index contributed by atoms with van der Waals surface area (Å²) in [6.45, 7) is 7.52. The third kappa shape index (κ3) is 7.28. The van der Waals surface area contributed by atoms with Gasteiger partial charge in [0.2, 0.25) is 0 Å². The molecule has 1 rings (SSSR count). The molecule has 0 aliphatic rings. The van der Waals surface area contributed by atoms with Crippen LogP contribution in [0.1, 0.15) is 38.8 Å². The molecule has 0 saturated carbocycles. The second kappa shape index (κ2) is 8.28. The third-order valence-corrected chi connectivity index (χ3v) is 3.67. The molecule has 0 saturated heterocycles. The van der Waals surface area contributed by atoms with Gasteiger partial charge in [-0.2, -0.15) is 0 Å². The summed E-state index contributed by atoms with van der Waals surface area (Å²) in [7, 11) is 2.19. The van der Waals surface area contributed by atoms with E-state index in [0.29, 0.717) is 5.41 Å². The Morgan fingerprint density at radius 3 is 2.63 bits per heavy atom. The van der Waals surface area contributed by atoms with Gasteiger partial charge in [0, 0.05) is 24.9 Å². The molecule has 0 aromatic carbocycles. The molecule has 19 heavy (non-hydrogen) atoms. The van der Waals surface area contributed by atoms with Gasteiger partial charge in [-0.1, -0.05) is 26.3 Å². The van der Waals surface area contributed by atoms with Gasteiger partial charge in [-0.25, -0.2) is 0 Å². The molecule has 0 aliphatic heterocycles. The number of unbranched alkanes of at least 4 members (excludes halogenated alkanes) is 1. The highest BCUT2D eigenvalue weighted by Crippen LogP contribution is 2.21. The maximum absolute atomic E-state index is 5.74. The van der Waals surface area contributed by atoms with E-state index >= 15 is 0 Å². The van der Waals surface area contributed by atoms with E-state index in [1.165, 1.54) is 25.0 Å². The number of rotatable bonds is 9. The maximum atomic E-state index is 5.74. The molecule has 0 radical (unpaired) electrons. The highest BCUT2D eigenvalue weighted by Gasteiger charge is 2.14. The first-order valence-electron chi connectivity index (χ1n) is 7.32. The Morgan fingerprint density at radius 1 is 1.21 bits per heavy atom. The van der Waals surface area contributed by atoms with Gasteiger partial charge in [-0.05, 0) is 50.5 Å². The molecule has 0 bridgehead atoms. The zero-order chi connectivity index (χ0) is 14.1. The van der Waals surface area contributed by atoms with Crippen LogP contribution in [0.2, 0.25) is 0 Å². The number of likely N-dealkylation sites (N-methyl/N-ethyl adjacent to an activating group) is 1. The lowest BCUT2D eigenvalue weighted by Crippen LogP contribution is -2.25. The molecule has 2 N–H and O–H groups in total. The normalized spacial score (nSPS) is 12.1. The summed E-state index contributed by atoms with van der Waals surface area (Å²) in [4.78, 5) is 6.74. The number of nitrogens with zero attached hydrogens (tertiary/aromatic N) is 2. The van der Waals surface area contributed by atoms with Crippen molar-refractivity contribution < 1.29 is 0 Å². The monoisotopic (exact) mass is 263 g/mol. The van der Waals surface area contributed by atoms with E-state index in [4.69, 9.17) is 5.73 Å². The number of nitrogens with two attached hydrogens (primary N) is 1. The Kier molecular flexibility index (Phi) is 7.03. The summed E-state index contributed by atoms with van der Waals surface area (Å²) in [6.07, 6.45) is 6.63. The van der Waals surface area contributed by atoms with Crippen LogP contribution in [0.15, 0.2) is 24.4 Å². The predicted molar refractivity (Wildman–Crippen MR) is 82.1 cm³/mol. The van der Waals surface area contributed by atoms with Crippen molar-refractivity contribution in [2.75, 3.05) is 26.7 Å². The zero-order valence-electron chi connectivity index (χ0n) is 12.7. The highest BCUT2D eigenvalue weighted by atomic mass is 15.1. The lowest BCUT2D eigenvalue weighted by molar-refractivity contribution is 0.295. The quantitative estimate of drug-likeness (QED) is 0.697. The van der Waals surface area contributed by atoms with Crippen molar-refractivity contribution in [2.24, 2.45) is 11.1 Å². The van der Waals surface area contributed by atoms with E-state index in [1.54, 1.807) is 0 Å². The average Bonchev–Trinajstić information content (AvgIpc) is 2.42. The molecule has 0 fully saturated rings. The molecule has 3 heteroatoms. The van der Waals surface area contributed by atoms with E-state index in [9.17, 15) is 0 Å². The molecular formula is C16H29N3. The van der Waals surface area contributed by atoms with E-state index < -0.39 is 0 Å². The van der Waals surface area contributed by atoms with Crippen molar-refractivity contribution >= 4 is 0 Å². The molecule has 1 aromatic heterocycles. The van der Waals surface area contributed by atoms with Crippen LogP contribution < -0.4 is 5.73 Å². The summed E-state index contributed by atoms with van der Waals surface area (Å²) < 4.78 is 0. The molecule has 0 unspecified atom stereocenters. The van der Waals surface area contributed by atoms with Gasteiger partial charge in [0.05, 0.1) is 0 Å². The van der Waals surface area contributed by atoms with E-state index in [1.807, 2.05) is 12.3 Å². The second-order valence-electron chi connectivity index (χ2n) is 6.20. The molecular weight excluding hydrogens is 234 g/mol. The Morgan fingerprint density at radius 2 is 2.00 bits per heavy atom. The Balaban J connectivity index is 2.10. The van der Waals surface area contributed by atoms with E-state index in [0.717, 1.165) is 26.1 Å². The van der Waals surface area contributed by atoms with Crippen LogP contribution in [0, 0.1) is 5.41 Å². The maximum Gasteiger partial charge on any atom is 0.0416 e. The van der Waals surface area contributed by atoms with Crippen LogP contribution in [-0.4, -0.2) is 36.6 Å². The van der Waals surface area contributed by atoms with Crippen molar-refractivity contribution in [3.05, 3.63) is 30.1 Å². The fraction of sp³-hybridized carbons (Fsp3) is 0.688. The van der Waals surface area contributed by atoms with Crippen LogP contribution >= 0.6 is 0 Å². The average molecular weight is 263 g/mol. The smallest absolute Gasteiger partial charge is 0.0416 e. The molecule has 0 aliphatic carbocycles. The number of pyridine rings is 1. The van der Waals surface area contributed by atoms with Crippen LogP contribution in [0.25, 0.3) is 0 Å². The van der Waals surface area contributed by atoms with Gasteiger partial charge >= 0.3 is 0 Å².